The average Bonchev–Trinajstić information content (AvgIpc) is 2.62. The molecular weight excluding hydrogens is 326 g/mol. The normalized spacial score (nSPS) is 10.8. The summed E-state index contributed by atoms with van der Waals surface area (Å²) in [5.41, 5.74) is 9.08. The first kappa shape index (κ1) is 19.9. The summed E-state index contributed by atoms with van der Waals surface area (Å²) in [7, 11) is 1.35. The van der Waals surface area contributed by atoms with Crippen molar-refractivity contribution < 1.29 is 29.3 Å². The summed E-state index contributed by atoms with van der Waals surface area (Å²) >= 11 is 0. The highest BCUT2D eigenvalue weighted by Crippen LogP contribution is 2.19. The van der Waals surface area contributed by atoms with E-state index in [0.29, 0.717) is 6.42 Å². The van der Waals surface area contributed by atoms with Crippen LogP contribution in [-0.4, -0.2) is 41.3 Å². The molecule has 25 heavy (non-hydrogen) atoms. The van der Waals surface area contributed by atoms with Crippen LogP contribution in [0.5, 0.6) is 0 Å². The smallest absolute Gasteiger partial charge is 0.414 e. The van der Waals surface area contributed by atoms with E-state index in [2.05, 4.69) is 16.9 Å². The van der Waals surface area contributed by atoms with Gasteiger partial charge in [-0.1, -0.05) is 54.6 Å². The van der Waals surface area contributed by atoms with Crippen molar-refractivity contribution in [3.05, 3.63) is 60.2 Å². The van der Waals surface area contributed by atoms with Crippen LogP contribution in [0.3, 0.4) is 0 Å². The van der Waals surface area contributed by atoms with Gasteiger partial charge < -0.3 is 20.7 Å². The molecule has 0 amide bonds. The summed E-state index contributed by atoms with van der Waals surface area (Å²) in [6.07, 6.45) is 0.488. The summed E-state index contributed by atoms with van der Waals surface area (Å²) in [4.78, 5) is 29.5. The maximum absolute atomic E-state index is 11.3. The highest BCUT2D eigenvalue weighted by Gasteiger charge is 2.13. The quantitative estimate of drug-likeness (QED) is 0.567. The number of hydrogen-bond donors (Lipinski definition) is 3. The molecule has 0 saturated carbocycles. The summed E-state index contributed by atoms with van der Waals surface area (Å²) in [6, 6.07) is 17.6. The molecule has 132 valence electrons. The molecule has 4 N–H and O–H groups in total. The van der Waals surface area contributed by atoms with Gasteiger partial charge in [0, 0.05) is 0 Å². The Morgan fingerprint density at radius 2 is 1.40 bits per heavy atom. The molecule has 0 aliphatic carbocycles. The Kier molecular flexibility index (Phi) is 7.81. The summed E-state index contributed by atoms with van der Waals surface area (Å²) in [5, 5.41) is 14.8. The second kappa shape index (κ2) is 9.84. The van der Waals surface area contributed by atoms with Crippen LogP contribution >= 0.6 is 0 Å². The molecule has 2 rings (SSSR count). The standard InChI is InChI=1S/C16H17NO2.C2H2O4/c1-19-16(18)15(17)11-12-7-9-14(10-8-12)13-5-3-2-4-6-13;3-1(4)2(5)6/h2-10,15H,11,17H2,1H3;(H,3,4)(H,5,6). The second-order valence-electron chi connectivity index (χ2n) is 5.01. The fraction of sp³-hybridized carbons (Fsp3) is 0.167. The van der Waals surface area contributed by atoms with E-state index in [9.17, 15) is 4.79 Å². The molecule has 2 aromatic rings. The molecule has 0 fully saturated rings. The van der Waals surface area contributed by atoms with Crippen LogP contribution in [0.15, 0.2) is 54.6 Å². The van der Waals surface area contributed by atoms with Crippen LogP contribution < -0.4 is 5.73 Å². The lowest BCUT2D eigenvalue weighted by Crippen LogP contribution is -2.33. The van der Waals surface area contributed by atoms with E-state index in [1.54, 1.807) is 0 Å². The number of carbonyl (C=O) groups excluding carboxylic acids is 1. The Balaban J connectivity index is 0.000000450. The van der Waals surface area contributed by atoms with E-state index < -0.39 is 18.0 Å². The number of methoxy groups -OCH3 is 1. The molecule has 0 aliphatic heterocycles. The summed E-state index contributed by atoms with van der Waals surface area (Å²) in [6.45, 7) is 0. The van der Waals surface area contributed by atoms with Crippen LogP contribution in [0.1, 0.15) is 5.56 Å². The SMILES string of the molecule is COC(=O)C(N)Cc1ccc(-c2ccccc2)cc1.O=C(O)C(=O)O. The van der Waals surface area contributed by atoms with Gasteiger partial charge >= 0.3 is 17.9 Å². The Morgan fingerprint density at radius 1 is 0.920 bits per heavy atom. The molecule has 7 nitrogen and oxygen atoms in total. The largest absolute Gasteiger partial charge is 0.473 e. The predicted octanol–water partition coefficient (Wildman–Crippen LogP) is 1.55. The fourth-order valence-electron chi connectivity index (χ4n) is 1.95. The van der Waals surface area contributed by atoms with Crippen molar-refractivity contribution in [2.45, 2.75) is 12.5 Å². The predicted molar refractivity (Wildman–Crippen MR) is 90.8 cm³/mol. The van der Waals surface area contributed by atoms with Crippen molar-refractivity contribution in [2.24, 2.45) is 5.73 Å². The number of rotatable bonds is 4. The van der Waals surface area contributed by atoms with Gasteiger partial charge in [0.05, 0.1) is 7.11 Å². The minimum atomic E-state index is -1.82. The Labute approximate surface area is 144 Å². The lowest BCUT2D eigenvalue weighted by Gasteiger charge is -2.09. The van der Waals surface area contributed by atoms with Crippen molar-refractivity contribution in [2.75, 3.05) is 7.11 Å². The molecule has 0 heterocycles. The zero-order chi connectivity index (χ0) is 18.8. The first-order chi connectivity index (χ1) is 11.8. The number of carboxylic acid groups (broad SMARTS) is 2. The monoisotopic (exact) mass is 345 g/mol. The van der Waals surface area contributed by atoms with Crippen molar-refractivity contribution >= 4 is 17.9 Å². The highest BCUT2D eigenvalue weighted by atomic mass is 16.5. The van der Waals surface area contributed by atoms with Gasteiger partial charge in [-0.25, -0.2) is 9.59 Å². The molecular formula is C18H19NO6. The van der Waals surface area contributed by atoms with Gasteiger partial charge in [0.15, 0.2) is 0 Å². The minimum Gasteiger partial charge on any atom is -0.473 e. The lowest BCUT2D eigenvalue weighted by molar-refractivity contribution is -0.159. The van der Waals surface area contributed by atoms with E-state index in [4.69, 9.17) is 25.5 Å². The average molecular weight is 345 g/mol. The molecule has 2 aromatic carbocycles. The lowest BCUT2D eigenvalue weighted by atomic mass is 10.0. The van der Waals surface area contributed by atoms with Gasteiger partial charge in [0.2, 0.25) is 0 Å². The van der Waals surface area contributed by atoms with Gasteiger partial charge in [-0.15, -0.1) is 0 Å². The highest BCUT2D eigenvalue weighted by molar-refractivity contribution is 6.27. The van der Waals surface area contributed by atoms with Crippen molar-refractivity contribution in [1.29, 1.82) is 0 Å². The van der Waals surface area contributed by atoms with E-state index in [1.165, 1.54) is 12.7 Å². The van der Waals surface area contributed by atoms with Crippen LogP contribution in [0, 0.1) is 0 Å². The van der Waals surface area contributed by atoms with Gasteiger partial charge in [-0.2, -0.15) is 0 Å². The molecule has 1 unspecified atom stereocenters. The number of nitrogens with two attached hydrogens (primary N) is 1. The molecule has 0 bridgehead atoms. The van der Waals surface area contributed by atoms with Gasteiger partial charge in [-0.3, -0.25) is 4.79 Å². The number of hydrogen-bond acceptors (Lipinski definition) is 5. The zero-order valence-electron chi connectivity index (χ0n) is 13.6. The first-order valence-electron chi connectivity index (χ1n) is 7.29. The van der Waals surface area contributed by atoms with Gasteiger partial charge in [-0.05, 0) is 23.1 Å². The van der Waals surface area contributed by atoms with E-state index >= 15 is 0 Å². The molecule has 0 radical (unpaired) electrons. The van der Waals surface area contributed by atoms with Crippen LogP contribution in [0.25, 0.3) is 11.1 Å². The number of esters is 1. The van der Waals surface area contributed by atoms with Crippen LogP contribution in [0.2, 0.25) is 0 Å². The third-order valence-electron chi connectivity index (χ3n) is 3.20. The molecule has 1 atom stereocenters. The van der Waals surface area contributed by atoms with Crippen LogP contribution in [-0.2, 0) is 25.5 Å². The van der Waals surface area contributed by atoms with Crippen molar-refractivity contribution in [1.82, 2.24) is 0 Å². The van der Waals surface area contributed by atoms with E-state index in [-0.39, 0.29) is 5.97 Å². The maximum Gasteiger partial charge on any atom is 0.414 e. The topological polar surface area (TPSA) is 127 Å². The molecule has 0 spiro atoms. The van der Waals surface area contributed by atoms with Gasteiger partial charge in [0.25, 0.3) is 0 Å². The van der Waals surface area contributed by atoms with Crippen molar-refractivity contribution in [3.8, 4) is 11.1 Å². The number of carbonyl (C=O) groups is 3. The Hall–Kier alpha value is -3.19. The minimum absolute atomic E-state index is 0.382. The molecule has 0 saturated heterocycles. The molecule has 0 aromatic heterocycles. The zero-order valence-corrected chi connectivity index (χ0v) is 13.6. The number of ether oxygens (including phenoxy) is 1. The van der Waals surface area contributed by atoms with E-state index in [0.717, 1.165) is 11.1 Å². The third-order valence-corrected chi connectivity index (χ3v) is 3.20. The summed E-state index contributed by atoms with van der Waals surface area (Å²) in [5.74, 6) is -4.03. The number of carboxylic acids is 2. The molecule has 0 aliphatic rings. The van der Waals surface area contributed by atoms with Gasteiger partial charge in [0.1, 0.15) is 6.04 Å². The first-order valence-corrected chi connectivity index (χ1v) is 7.29. The number of benzene rings is 2. The maximum atomic E-state index is 11.3. The van der Waals surface area contributed by atoms with E-state index in [1.807, 2.05) is 42.5 Å². The summed E-state index contributed by atoms with van der Waals surface area (Å²) < 4.78 is 4.61. The molecule has 7 heteroatoms. The second-order valence-corrected chi connectivity index (χ2v) is 5.01. The van der Waals surface area contributed by atoms with Crippen LogP contribution in [0.4, 0.5) is 0 Å². The third kappa shape index (κ3) is 6.84. The fourth-order valence-corrected chi connectivity index (χ4v) is 1.95. The van der Waals surface area contributed by atoms with Crippen molar-refractivity contribution in [3.63, 3.8) is 0 Å². The Bertz CT molecular complexity index is 700. The Morgan fingerprint density at radius 3 is 1.84 bits per heavy atom. The number of aliphatic carboxylic acids is 2.